The summed E-state index contributed by atoms with van der Waals surface area (Å²) < 4.78 is 5.20. The molecule has 3 nitrogen and oxygen atoms in total. The van der Waals surface area contributed by atoms with Crippen molar-refractivity contribution < 1.29 is 9.53 Å². The topological polar surface area (TPSA) is 29.5 Å². The van der Waals surface area contributed by atoms with Crippen molar-refractivity contribution in [3.05, 3.63) is 59.7 Å². The van der Waals surface area contributed by atoms with Crippen LogP contribution in [0.4, 0.5) is 5.69 Å². The summed E-state index contributed by atoms with van der Waals surface area (Å²) in [6.07, 6.45) is 3.13. The van der Waals surface area contributed by atoms with E-state index >= 15 is 0 Å². The van der Waals surface area contributed by atoms with Gasteiger partial charge in [0, 0.05) is 5.69 Å². The summed E-state index contributed by atoms with van der Waals surface area (Å²) >= 11 is 0. The van der Waals surface area contributed by atoms with Gasteiger partial charge in [-0.3, -0.25) is 4.79 Å². The largest absolute Gasteiger partial charge is 0.497 e. The maximum atomic E-state index is 13.0. The lowest BCUT2D eigenvalue weighted by atomic mass is 9.65. The smallest absolute Gasteiger partial charge is 0.238 e. The van der Waals surface area contributed by atoms with Gasteiger partial charge in [-0.15, -0.1) is 0 Å². The lowest BCUT2D eigenvalue weighted by Crippen LogP contribution is -2.44. The van der Waals surface area contributed by atoms with Crippen LogP contribution < -0.4 is 9.64 Å². The van der Waals surface area contributed by atoms with E-state index in [4.69, 9.17) is 4.74 Å². The number of rotatable bonds is 3. The lowest BCUT2D eigenvalue weighted by Gasteiger charge is -2.37. The summed E-state index contributed by atoms with van der Waals surface area (Å²) in [6, 6.07) is 16.2. The van der Waals surface area contributed by atoms with E-state index in [1.165, 1.54) is 5.56 Å². The van der Waals surface area contributed by atoms with Gasteiger partial charge in [-0.25, -0.2) is 0 Å². The molecule has 1 amide bonds. The number of anilines is 1. The molecule has 3 heteroatoms. The zero-order valence-corrected chi connectivity index (χ0v) is 12.7. The molecular formula is C19H19NO2. The average molecular weight is 293 g/mol. The van der Waals surface area contributed by atoms with Crippen molar-refractivity contribution in [3.8, 4) is 5.75 Å². The minimum Gasteiger partial charge on any atom is -0.497 e. The molecule has 0 saturated heterocycles. The third-order valence-electron chi connectivity index (χ3n) is 5.07. The van der Waals surface area contributed by atoms with Gasteiger partial charge in [-0.2, -0.15) is 0 Å². The van der Waals surface area contributed by atoms with Gasteiger partial charge >= 0.3 is 0 Å². The Bertz CT molecular complexity index is 716. The molecule has 1 aliphatic heterocycles. The molecule has 0 N–H and O–H groups in total. The molecule has 4 rings (SSSR count). The van der Waals surface area contributed by atoms with E-state index in [9.17, 15) is 4.79 Å². The maximum absolute atomic E-state index is 13.0. The Labute approximate surface area is 130 Å². The molecule has 1 fully saturated rings. The second-order valence-electron chi connectivity index (χ2n) is 6.19. The van der Waals surface area contributed by atoms with Gasteiger partial charge in [0.25, 0.3) is 0 Å². The van der Waals surface area contributed by atoms with Crippen LogP contribution in [0.25, 0.3) is 0 Å². The highest BCUT2D eigenvalue weighted by Crippen LogP contribution is 2.53. The first-order valence-corrected chi connectivity index (χ1v) is 7.79. The van der Waals surface area contributed by atoms with Crippen molar-refractivity contribution in [1.82, 2.24) is 0 Å². The summed E-state index contributed by atoms with van der Waals surface area (Å²) in [5, 5.41) is 0. The van der Waals surface area contributed by atoms with Crippen molar-refractivity contribution >= 4 is 11.6 Å². The molecule has 22 heavy (non-hydrogen) atoms. The first-order chi connectivity index (χ1) is 10.7. The van der Waals surface area contributed by atoms with Gasteiger partial charge in [-0.1, -0.05) is 36.8 Å². The number of hydrogen-bond acceptors (Lipinski definition) is 2. The van der Waals surface area contributed by atoms with E-state index in [1.807, 2.05) is 41.3 Å². The first-order valence-electron chi connectivity index (χ1n) is 7.79. The number of carbonyl (C=O) groups is 1. The number of ether oxygens (including phenoxy) is 1. The Morgan fingerprint density at radius 3 is 2.45 bits per heavy atom. The summed E-state index contributed by atoms with van der Waals surface area (Å²) in [7, 11) is 1.66. The molecule has 1 heterocycles. The van der Waals surface area contributed by atoms with E-state index in [0.717, 1.165) is 36.3 Å². The average Bonchev–Trinajstić information content (AvgIpc) is 2.77. The number of nitrogens with zero attached hydrogens (tertiary/aromatic N) is 1. The SMILES string of the molecule is COc1ccc(CN2C(=O)C3(CCC3)c3ccccc32)cc1. The van der Waals surface area contributed by atoms with Crippen LogP contribution in [0.1, 0.15) is 30.4 Å². The number of para-hydroxylation sites is 1. The monoisotopic (exact) mass is 293 g/mol. The van der Waals surface area contributed by atoms with Crippen LogP contribution in [-0.2, 0) is 16.8 Å². The van der Waals surface area contributed by atoms with Gasteiger partial charge in [0.05, 0.1) is 19.1 Å². The van der Waals surface area contributed by atoms with E-state index in [2.05, 4.69) is 12.1 Å². The molecule has 0 aromatic heterocycles. The van der Waals surface area contributed by atoms with Crippen LogP contribution in [-0.4, -0.2) is 13.0 Å². The number of hydrogen-bond donors (Lipinski definition) is 0. The van der Waals surface area contributed by atoms with Gasteiger partial charge in [0.2, 0.25) is 5.91 Å². The van der Waals surface area contributed by atoms with Crippen molar-refractivity contribution in [1.29, 1.82) is 0 Å². The Balaban J connectivity index is 1.68. The number of benzene rings is 2. The van der Waals surface area contributed by atoms with Crippen LogP contribution in [0.5, 0.6) is 5.75 Å². The summed E-state index contributed by atoms with van der Waals surface area (Å²) in [4.78, 5) is 14.9. The van der Waals surface area contributed by atoms with Crippen LogP contribution in [0.3, 0.4) is 0 Å². The molecule has 0 bridgehead atoms. The summed E-state index contributed by atoms with van der Waals surface area (Å²) in [5.41, 5.74) is 3.20. The first kappa shape index (κ1) is 13.4. The fourth-order valence-corrected chi connectivity index (χ4v) is 3.68. The maximum Gasteiger partial charge on any atom is 0.238 e. The second kappa shape index (κ2) is 4.87. The van der Waals surface area contributed by atoms with E-state index in [1.54, 1.807) is 7.11 Å². The number of amides is 1. The molecule has 1 saturated carbocycles. The zero-order valence-electron chi connectivity index (χ0n) is 12.7. The van der Waals surface area contributed by atoms with Crippen molar-refractivity contribution in [2.45, 2.75) is 31.2 Å². The molecule has 0 radical (unpaired) electrons. The van der Waals surface area contributed by atoms with Crippen LogP contribution in [0.15, 0.2) is 48.5 Å². The highest BCUT2D eigenvalue weighted by atomic mass is 16.5. The van der Waals surface area contributed by atoms with E-state index in [-0.39, 0.29) is 11.3 Å². The number of carbonyl (C=O) groups excluding carboxylic acids is 1. The minimum absolute atomic E-state index is 0.233. The van der Waals surface area contributed by atoms with E-state index in [0.29, 0.717) is 6.54 Å². The molecular weight excluding hydrogens is 274 g/mol. The Hall–Kier alpha value is -2.29. The summed E-state index contributed by atoms with van der Waals surface area (Å²) in [6.45, 7) is 0.627. The molecule has 112 valence electrons. The quantitative estimate of drug-likeness (QED) is 0.864. The highest BCUT2D eigenvalue weighted by molar-refractivity contribution is 6.08. The third-order valence-corrected chi connectivity index (χ3v) is 5.07. The molecule has 2 aliphatic rings. The second-order valence-corrected chi connectivity index (χ2v) is 6.19. The predicted molar refractivity (Wildman–Crippen MR) is 86.2 cm³/mol. The fourth-order valence-electron chi connectivity index (χ4n) is 3.68. The minimum atomic E-state index is -0.233. The number of methoxy groups -OCH3 is 1. The third kappa shape index (κ3) is 1.78. The Morgan fingerprint density at radius 2 is 1.82 bits per heavy atom. The predicted octanol–water partition coefficient (Wildman–Crippen LogP) is 3.66. The fraction of sp³-hybridized carbons (Fsp3) is 0.316. The van der Waals surface area contributed by atoms with Crippen LogP contribution in [0.2, 0.25) is 0 Å². The van der Waals surface area contributed by atoms with Crippen LogP contribution >= 0.6 is 0 Å². The normalized spacial score (nSPS) is 18.2. The number of fused-ring (bicyclic) bond motifs is 2. The molecule has 1 spiro atoms. The van der Waals surface area contributed by atoms with E-state index < -0.39 is 0 Å². The van der Waals surface area contributed by atoms with Crippen molar-refractivity contribution in [3.63, 3.8) is 0 Å². The van der Waals surface area contributed by atoms with Gasteiger partial charge in [0.1, 0.15) is 5.75 Å². The highest BCUT2D eigenvalue weighted by Gasteiger charge is 2.54. The van der Waals surface area contributed by atoms with Gasteiger partial charge in [0.15, 0.2) is 0 Å². The van der Waals surface area contributed by atoms with Crippen molar-refractivity contribution in [2.75, 3.05) is 12.0 Å². The van der Waals surface area contributed by atoms with Gasteiger partial charge in [-0.05, 0) is 42.2 Å². The molecule has 0 unspecified atom stereocenters. The lowest BCUT2D eigenvalue weighted by molar-refractivity contribution is -0.126. The zero-order chi connectivity index (χ0) is 15.2. The molecule has 2 aromatic carbocycles. The Kier molecular flexibility index (Phi) is 2.96. The van der Waals surface area contributed by atoms with Crippen LogP contribution in [0, 0.1) is 0 Å². The summed E-state index contributed by atoms with van der Waals surface area (Å²) in [5.74, 6) is 1.11. The Morgan fingerprint density at radius 1 is 1.09 bits per heavy atom. The molecule has 0 atom stereocenters. The van der Waals surface area contributed by atoms with Crippen molar-refractivity contribution in [2.24, 2.45) is 0 Å². The standard InChI is InChI=1S/C19H19NO2/c1-22-15-9-7-14(8-10-15)13-20-17-6-3-2-5-16(17)19(18(20)21)11-4-12-19/h2-3,5-10H,4,11-13H2,1H3. The van der Waals surface area contributed by atoms with Gasteiger partial charge < -0.3 is 9.64 Å². The molecule has 1 aliphatic carbocycles. The molecule has 2 aromatic rings.